The molecule has 0 saturated carbocycles. The van der Waals surface area contributed by atoms with E-state index in [4.69, 9.17) is 4.74 Å². The van der Waals surface area contributed by atoms with Gasteiger partial charge in [0, 0.05) is 18.7 Å². The van der Waals surface area contributed by atoms with Gasteiger partial charge < -0.3 is 9.64 Å². The van der Waals surface area contributed by atoms with Crippen LogP contribution in [0.4, 0.5) is 18.9 Å². The Balaban J connectivity index is 2.35. The summed E-state index contributed by atoms with van der Waals surface area (Å²) >= 11 is 0. The summed E-state index contributed by atoms with van der Waals surface area (Å²) in [5.74, 6) is -1.87. The van der Waals surface area contributed by atoms with Crippen molar-refractivity contribution in [2.45, 2.75) is 19.0 Å². The van der Waals surface area contributed by atoms with Crippen molar-refractivity contribution in [3.63, 3.8) is 0 Å². The Morgan fingerprint density at radius 2 is 1.95 bits per heavy atom. The third kappa shape index (κ3) is 2.97. The number of alkyl halides is 3. The Hall–Kier alpha value is -2.32. The third-order valence-corrected chi connectivity index (χ3v) is 3.56. The second-order valence-electron chi connectivity index (χ2n) is 4.80. The molecule has 0 bridgehead atoms. The molecule has 120 valence electrons. The number of amides is 1. The number of benzene rings is 1. The molecule has 22 heavy (non-hydrogen) atoms. The molecule has 2 rings (SSSR count). The fraction of sp³-hybridized carbons (Fsp3) is 0.462. The van der Waals surface area contributed by atoms with E-state index < -0.39 is 17.0 Å². The Bertz CT molecular complexity index is 616. The fourth-order valence-electron chi connectivity index (χ4n) is 2.53. The molecule has 1 aromatic carbocycles. The molecule has 0 fully saturated rings. The molecule has 1 aliphatic rings. The van der Waals surface area contributed by atoms with Gasteiger partial charge in [-0.05, 0) is 24.5 Å². The van der Waals surface area contributed by atoms with Gasteiger partial charge in [0.15, 0.2) is 5.75 Å². The number of nitrogens with zero attached hydrogens (tertiary/aromatic N) is 2. The van der Waals surface area contributed by atoms with Gasteiger partial charge in [0.1, 0.15) is 0 Å². The summed E-state index contributed by atoms with van der Waals surface area (Å²) in [6.45, 7) is -0.353. The largest absolute Gasteiger partial charge is 0.490 e. The standard InChI is InChI=1S/C13H13F3N2O4/c1-22-10-3-2-8-4-6-17(12(19)13(14,15)16)7-5-9(8)11(10)18(20)21/h2-3H,4-7H2,1H3. The topological polar surface area (TPSA) is 72.7 Å². The maximum Gasteiger partial charge on any atom is 0.471 e. The molecule has 1 amide bonds. The first-order valence-corrected chi connectivity index (χ1v) is 6.45. The number of halogens is 3. The molecular formula is C13H13F3N2O4. The van der Waals surface area contributed by atoms with Crippen LogP contribution in [0.15, 0.2) is 12.1 Å². The van der Waals surface area contributed by atoms with Crippen molar-refractivity contribution in [3.8, 4) is 5.75 Å². The van der Waals surface area contributed by atoms with E-state index in [1.807, 2.05) is 0 Å². The summed E-state index contributed by atoms with van der Waals surface area (Å²) < 4.78 is 42.4. The van der Waals surface area contributed by atoms with Crippen molar-refractivity contribution in [2.75, 3.05) is 20.2 Å². The highest BCUT2D eigenvalue weighted by atomic mass is 19.4. The summed E-state index contributed by atoms with van der Waals surface area (Å²) in [6.07, 6.45) is -4.84. The van der Waals surface area contributed by atoms with Crippen molar-refractivity contribution in [1.82, 2.24) is 4.90 Å². The Morgan fingerprint density at radius 1 is 1.32 bits per heavy atom. The monoisotopic (exact) mass is 318 g/mol. The maximum atomic E-state index is 12.5. The Morgan fingerprint density at radius 3 is 2.50 bits per heavy atom. The minimum Gasteiger partial charge on any atom is -0.490 e. The third-order valence-electron chi connectivity index (χ3n) is 3.56. The predicted octanol–water partition coefficient (Wildman–Crippen LogP) is 2.09. The molecule has 0 saturated heterocycles. The van der Waals surface area contributed by atoms with Crippen LogP contribution < -0.4 is 4.74 Å². The number of nitro groups is 1. The lowest BCUT2D eigenvalue weighted by molar-refractivity contribution is -0.386. The fourth-order valence-corrected chi connectivity index (χ4v) is 2.53. The van der Waals surface area contributed by atoms with Crippen LogP contribution in [0.2, 0.25) is 0 Å². The first kappa shape index (κ1) is 16.1. The van der Waals surface area contributed by atoms with Gasteiger partial charge in [0.05, 0.1) is 12.0 Å². The van der Waals surface area contributed by atoms with Gasteiger partial charge in [-0.15, -0.1) is 0 Å². The van der Waals surface area contributed by atoms with Gasteiger partial charge in [-0.2, -0.15) is 13.2 Å². The highest BCUT2D eigenvalue weighted by Gasteiger charge is 2.43. The van der Waals surface area contributed by atoms with Crippen LogP contribution in [0.5, 0.6) is 5.75 Å². The molecular weight excluding hydrogens is 305 g/mol. The highest BCUT2D eigenvalue weighted by Crippen LogP contribution is 2.35. The van der Waals surface area contributed by atoms with E-state index in [0.717, 1.165) is 0 Å². The summed E-state index contributed by atoms with van der Waals surface area (Å²) in [6, 6.07) is 3.00. The van der Waals surface area contributed by atoms with Crippen molar-refractivity contribution < 1.29 is 27.6 Å². The number of nitro benzene ring substituents is 1. The normalized spacial score (nSPS) is 15.0. The molecule has 0 radical (unpaired) electrons. The number of methoxy groups -OCH3 is 1. The average molecular weight is 318 g/mol. The number of fused-ring (bicyclic) bond motifs is 1. The molecule has 1 heterocycles. The molecule has 0 atom stereocenters. The van der Waals surface area contributed by atoms with Gasteiger partial charge >= 0.3 is 17.8 Å². The van der Waals surface area contributed by atoms with Gasteiger partial charge in [-0.25, -0.2) is 0 Å². The summed E-state index contributed by atoms with van der Waals surface area (Å²) in [4.78, 5) is 22.6. The zero-order chi connectivity index (χ0) is 16.5. The van der Waals surface area contributed by atoms with E-state index in [-0.39, 0.29) is 37.4 Å². The number of rotatable bonds is 2. The zero-order valence-electron chi connectivity index (χ0n) is 11.6. The summed E-state index contributed by atoms with van der Waals surface area (Å²) in [5, 5.41) is 11.2. The first-order valence-electron chi connectivity index (χ1n) is 6.45. The number of hydrogen-bond acceptors (Lipinski definition) is 4. The van der Waals surface area contributed by atoms with Crippen molar-refractivity contribution in [1.29, 1.82) is 0 Å². The van der Waals surface area contributed by atoms with E-state index in [9.17, 15) is 28.1 Å². The van der Waals surface area contributed by atoms with Crippen LogP contribution in [0.25, 0.3) is 0 Å². The lowest BCUT2D eigenvalue weighted by Crippen LogP contribution is -2.42. The van der Waals surface area contributed by atoms with Gasteiger partial charge in [0.2, 0.25) is 0 Å². The quantitative estimate of drug-likeness (QED) is 0.618. The molecule has 0 aromatic heterocycles. The highest BCUT2D eigenvalue weighted by molar-refractivity contribution is 5.82. The molecule has 0 aliphatic carbocycles. The molecule has 0 unspecified atom stereocenters. The summed E-state index contributed by atoms with van der Waals surface area (Å²) in [5.41, 5.74) is 0.633. The van der Waals surface area contributed by atoms with E-state index in [1.165, 1.54) is 13.2 Å². The number of hydrogen-bond donors (Lipinski definition) is 0. The van der Waals surface area contributed by atoms with Gasteiger partial charge in [-0.1, -0.05) is 6.07 Å². The van der Waals surface area contributed by atoms with Crippen LogP contribution >= 0.6 is 0 Å². The van der Waals surface area contributed by atoms with Gasteiger partial charge in [-0.3, -0.25) is 14.9 Å². The second kappa shape index (κ2) is 5.82. The Kier molecular flexibility index (Phi) is 4.25. The van der Waals surface area contributed by atoms with E-state index in [1.54, 1.807) is 6.07 Å². The number of carbonyl (C=O) groups is 1. The van der Waals surface area contributed by atoms with Crippen molar-refractivity contribution >= 4 is 11.6 Å². The van der Waals surface area contributed by atoms with E-state index in [2.05, 4.69) is 0 Å². The van der Waals surface area contributed by atoms with Crippen LogP contribution in [0.3, 0.4) is 0 Å². The lowest BCUT2D eigenvalue weighted by atomic mass is 10.0. The Labute approximate surface area is 123 Å². The second-order valence-corrected chi connectivity index (χ2v) is 4.80. The van der Waals surface area contributed by atoms with Crippen LogP contribution in [-0.4, -0.2) is 42.1 Å². The minimum atomic E-state index is -4.94. The zero-order valence-corrected chi connectivity index (χ0v) is 11.6. The van der Waals surface area contributed by atoms with Crippen molar-refractivity contribution in [2.24, 2.45) is 0 Å². The number of carbonyl (C=O) groups excluding carboxylic acids is 1. The van der Waals surface area contributed by atoms with Crippen LogP contribution in [0.1, 0.15) is 11.1 Å². The number of ether oxygens (including phenoxy) is 1. The SMILES string of the molecule is COc1ccc2c(c1[N+](=O)[O-])CCN(C(=O)C(F)(F)F)CC2. The van der Waals surface area contributed by atoms with E-state index in [0.29, 0.717) is 16.0 Å². The molecule has 1 aromatic rings. The van der Waals surface area contributed by atoms with Crippen LogP contribution in [-0.2, 0) is 17.6 Å². The van der Waals surface area contributed by atoms with Crippen LogP contribution in [0, 0.1) is 10.1 Å². The molecule has 9 heteroatoms. The van der Waals surface area contributed by atoms with Gasteiger partial charge in [0.25, 0.3) is 0 Å². The lowest BCUT2D eigenvalue weighted by Gasteiger charge is -2.21. The first-order chi connectivity index (χ1) is 10.3. The molecule has 0 spiro atoms. The smallest absolute Gasteiger partial charge is 0.471 e. The molecule has 1 aliphatic heterocycles. The maximum absolute atomic E-state index is 12.5. The average Bonchev–Trinajstić information content (AvgIpc) is 2.66. The van der Waals surface area contributed by atoms with E-state index >= 15 is 0 Å². The predicted molar refractivity (Wildman–Crippen MR) is 69.7 cm³/mol. The minimum absolute atomic E-state index is 0.0231. The summed E-state index contributed by atoms with van der Waals surface area (Å²) in [7, 11) is 1.28. The van der Waals surface area contributed by atoms with Crippen molar-refractivity contribution in [3.05, 3.63) is 33.4 Å². The molecule has 6 nitrogen and oxygen atoms in total. The molecule has 0 N–H and O–H groups in total.